The molecule has 0 amide bonds. The molecule has 1 saturated carbocycles. The lowest BCUT2D eigenvalue weighted by Gasteiger charge is -2.09. The molecule has 64 valence electrons. The first kappa shape index (κ1) is 7.74. The third kappa shape index (κ3) is 1.03. The third-order valence-corrected chi connectivity index (χ3v) is 2.84. The van der Waals surface area contributed by atoms with Crippen LogP contribution in [0, 0.1) is 5.92 Å². The zero-order valence-electron chi connectivity index (χ0n) is 7.33. The smallest absolute Gasteiger partial charge is 0.0457 e. The molecule has 2 heteroatoms. The van der Waals surface area contributed by atoms with Gasteiger partial charge in [0.05, 0.1) is 0 Å². The molecule has 2 nitrogen and oxygen atoms in total. The Labute approximate surface area is 72.8 Å². The molecule has 12 heavy (non-hydrogen) atoms. The van der Waals surface area contributed by atoms with Gasteiger partial charge in [-0.25, -0.2) is 0 Å². The molecular weight excluding hydrogens is 148 g/mol. The molecule has 0 spiro atoms. The van der Waals surface area contributed by atoms with Gasteiger partial charge in [0.25, 0.3) is 0 Å². The first-order chi connectivity index (χ1) is 5.77. The molecule has 0 saturated heterocycles. The van der Waals surface area contributed by atoms with Crippen LogP contribution in [-0.2, 0) is 5.54 Å². The Morgan fingerprint density at radius 3 is 3.08 bits per heavy atom. The lowest BCUT2D eigenvalue weighted by molar-refractivity contribution is 0.613. The zero-order chi connectivity index (χ0) is 8.60. The van der Waals surface area contributed by atoms with Crippen LogP contribution < -0.4 is 5.73 Å². The van der Waals surface area contributed by atoms with Crippen LogP contribution >= 0.6 is 0 Å². The second-order valence-electron chi connectivity index (χ2n) is 3.59. The van der Waals surface area contributed by atoms with E-state index in [1.165, 1.54) is 12.0 Å². The lowest BCUT2D eigenvalue weighted by atomic mass is 10.1. The summed E-state index contributed by atoms with van der Waals surface area (Å²) in [6, 6.07) is 4.03. The van der Waals surface area contributed by atoms with Crippen LogP contribution in [0.25, 0.3) is 0 Å². The van der Waals surface area contributed by atoms with Gasteiger partial charge in [-0.2, -0.15) is 0 Å². The van der Waals surface area contributed by atoms with E-state index < -0.39 is 0 Å². The van der Waals surface area contributed by atoms with Crippen molar-refractivity contribution in [1.82, 2.24) is 4.98 Å². The fourth-order valence-electron chi connectivity index (χ4n) is 1.85. The number of nitrogens with two attached hydrogens (primary N) is 1. The van der Waals surface area contributed by atoms with E-state index in [-0.39, 0.29) is 5.54 Å². The highest BCUT2D eigenvalue weighted by Gasteiger charge is 2.50. The number of pyridine rings is 1. The average molecular weight is 162 g/mol. The summed E-state index contributed by atoms with van der Waals surface area (Å²) in [4.78, 5) is 4.08. The average Bonchev–Trinajstić information content (AvgIpc) is 2.81. The van der Waals surface area contributed by atoms with Crippen molar-refractivity contribution in [2.45, 2.75) is 25.3 Å². The van der Waals surface area contributed by atoms with Crippen molar-refractivity contribution >= 4 is 0 Å². The Balaban J connectivity index is 2.23. The molecule has 1 heterocycles. The molecule has 2 rings (SSSR count). The van der Waals surface area contributed by atoms with Gasteiger partial charge in [-0.15, -0.1) is 0 Å². The Hall–Kier alpha value is -0.890. The fourth-order valence-corrected chi connectivity index (χ4v) is 1.85. The van der Waals surface area contributed by atoms with Crippen molar-refractivity contribution < 1.29 is 0 Å². The van der Waals surface area contributed by atoms with Crippen LogP contribution in [0.1, 0.15) is 25.3 Å². The van der Waals surface area contributed by atoms with Gasteiger partial charge in [0.15, 0.2) is 0 Å². The molecule has 1 fully saturated rings. The molecule has 0 aliphatic heterocycles. The maximum Gasteiger partial charge on any atom is 0.0457 e. The number of nitrogens with zero attached hydrogens (tertiary/aromatic N) is 1. The van der Waals surface area contributed by atoms with Crippen LogP contribution in [0.3, 0.4) is 0 Å². The summed E-state index contributed by atoms with van der Waals surface area (Å²) in [5.74, 6) is 0.668. The topological polar surface area (TPSA) is 38.9 Å². The molecule has 1 aromatic heterocycles. The summed E-state index contributed by atoms with van der Waals surface area (Å²) in [6.45, 7) is 2.19. The van der Waals surface area contributed by atoms with Crippen molar-refractivity contribution in [2.24, 2.45) is 11.7 Å². The molecule has 2 N–H and O–H groups in total. The first-order valence-corrected chi connectivity index (χ1v) is 4.46. The largest absolute Gasteiger partial charge is 0.321 e. The predicted molar refractivity (Wildman–Crippen MR) is 48.5 cm³/mol. The molecular formula is C10H14N2. The molecule has 1 aromatic rings. The zero-order valence-corrected chi connectivity index (χ0v) is 7.33. The molecule has 0 bridgehead atoms. The van der Waals surface area contributed by atoms with Gasteiger partial charge in [0, 0.05) is 17.9 Å². The highest BCUT2D eigenvalue weighted by Crippen LogP contribution is 2.50. The maximum atomic E-state index is 6.18. The Kier molecular flexibility index (Phi) is 1.65. The summed E-state index contributed by atoms with van der Waals surface area (Å²) < 4.78 is 0. The summed E-state index contributed by atoms with van der Waals surface area (Å²) >= 11 is 0. The normalized spacial score (nSPS) is 33.3. The summed E-state index contributed by atoms with van der Waals surface area (Å²) in [7, 11) is 0. The minimum atomic E-state index is -0.0526. The standard InChI is InChI=1S/C10H14N2/c1-2-8-6-10(8,11)9-4-3-5-12-7-9/h3-5,7-8H,2,6,11H2,1H3. The Morgan fingerprint density at radius 2 is 2.58 bits per heavy atom. The fraction of sp³-hybridized carbons (Fsp3) is 0.500. The van der Waals surface area contributed by atoms with Crippen LogP contribution in [0.2, 0.25) is 0 Å². The van der Waals surface area contributed by atoms with E-state index >= 15 is 0 Å². The van der Waals surface area contributed by atoms with E-state index in [1.807, 2.05) is 12.3 Å². The van der Waals surface area contributed by atoms with Crippen molar-refractivity contribution in [3.8, 4) is 0 Å². The highest BCUT2D eigenvalue weighted by atomic mass is 14.9. The second-order valence-corrected chi connectivity index (χ2v) is 3.59. The van der Waals surface area contributed by atoms with Crippen molar-refractivity contribution in [2.75, 3.05) is 0 Å². The first-order valence-electron chi connectivity index (χ1n) is 4.46. The maximum absolute atomic E-state index is 6.18. The molecule has 1 aliphatic rings. The van der Waals surface area contributed by atoms with Gasteiger partial charge < -0.3 is 5.73 Å². The molecule has 1 aliphatic carbocycles. The van der Waals surface area contributed by atoms with Gasteiger partial charge in [-0.3, -0.25) is 4.98 Å². The number of hydrogen-bond donors (Lipinski definition) is 1. The van der Waals surface area contributed by atoms with Gasteiger partial charge in [0.1, 0.15) is 0 Å². The van der Waals surface area contributed by atoms with Gasteiger partial charge >= 0.3 is 0 Å². The van der Waals surface area contributed by atoms with Gasteiger partial charge in [-0.1, -0.05) is 19.4 Å². The van der Waals surface area contributed by atoms with Gasteiger partial charge in [-0.05, 0) is 24.0 Å². The van der Waals surface area contributed by atoms with Crippen molar-refractivity contribution in [1.29, 1.82) is 0 Å². The van der Waals surface area contributed by atoms with Gasteiger partial charge in [0.2, 0.25) is 0 Å². The number of rotatable bonds is 2. The minimum Gasteiger partial charge on any atom is -0.321 e. The van der Waals surface area contributed by atoms with Crippen LogP contribution in [0.15, 0.2) is 24.5 Å². The predicted octanol–water partition coefficient (Wildman–Crippen LogP) is 1.67. The minimum absolute atomic E-state index is 0.0526. The summed E-state index contributed by atoms with van der Waals surface area (Å²) in [5.41, 5.74) is 7.32. The molecule has 2 atom stereocenters. The van der Waals surface area contributed by atoms with E-state index in [0.717, 1.165) is 6.42 Å². The van der Waals surface area contributed by atoms with Crippen LogP contribution in [0.5, 0.6) is 0 Å². The second kappa shape index (κ2) is 2.56. The van der Waals surface area contributed by atoms with E-state index in [9.17, 15) is 0 Å². The molecule has 0 aromatic carbocycles. The van der Waals surface area contributed by atoms with Crippen LogP contribution in [-0.4, -0.2) is 4.98 Å². The SMILES string of the molecule is CCC1CC1(N)c1cccnc1. The van der Waals surface area contributed by atoms with E-state index in [0.29, 0.717) is 5.92 Å². The summed E-state index contributed by atoms with van der Waals surface area (Å²) in [6.07, 6.45) is 5.96. The Bertz CT molecular complexity index is 270. The summed E-state index contributed by atoms with van der Waals surface area (Å²) in [5, 5.41) is 0. The quantitative estimate of drug-likeness (QED) is 0.718. The monoisotopic (exact) mass is 162 g/mol. The highest BCUT2D eigenvalue weighted by molar-refractivity contribution is 5.28. The van der Waals surface area contributed by atoms with Crippen molar-refractivity contribution in [3.63, 3.8) is 0 Å². The van der Waals surface area contributed by atoms with E-state index in [4.69, 9.17) is 5.73 Å². The molecule has 0 radical (unpaired) electrons. The van der Waals surface area contributed by atoms with E-state index in [2.05, 4.69) is 18.0 Å². The van der Waals surface area contributed by atoms with Crippen molar-refractivity contribution in [3.05, 3.63) is 30.1 Å². The van der Waals surface area contributed by atoms with Crippen LogP contribution in [0.4, 0.5) is 0 Å². The molecule has 2 unspecified atom stereocenters. The number of hydrogen-bond acceptors (Lipinski definition) is 2. The lowest BCUT2D eigenvalue weighted by Crippen LogP contribution is -2.22. The Morgan fingerprint density at radius 1 is 1.75 bits per heavy atom. The van der Waals surface area contributed by atoms with E-state index in [1.54, 1.807) is 6.20 Å². The third-order valence-electron chi connectivity index (χ3n) is 2.84. The number of aromatic nitrogens is 1.